The standard InChI is InChI=1S/C26H43N5O4S/c1-3-5-12-22(25(32)29-18-19-13-15-21(16-14-19)24(27)28)30-26(33)23(20-10-8-7-9-11-20)31-36(34,35)17-6-4-2/h13-16,20,22-23,31H,3-12,17-18H2,1-2H3,(H3,27,28)(H,29,32)(H,30,33). The van der Waals surface area contributed by atoms with Crippen molar-refractivity contribution in [3.8, 4) is 0 Å². The van der Waals surface area contributed by atoms with Crippen molar-refractivity contribution in [2.24, 2.45) is 11.7 Å². The van der Waals surface area contributed by atoms with E-state index >= 15 is 0 Å². The molecule has 0 heterocycles. The van der Waals surface area contributed by atoms with E-state index in [1.165, 1.54) is 0 Å². The lowest BCUT2D eigenvalue weighted by molar-refractivity contribution is -0.131. The number of sulfonamides is 1. The van der Waals surface area contributed by atoms with Crippen LogP contribution in [-0.4, -0.2) is 43.9 Å². The van der Waals surface area contributed by atoms with Crippen molar-refractivity contribution in [3.63, 3.8) is 0 Å². The van der Waals surface area contributed by atoms with Crippen molar-refractivity contribution in [2.75, 3.05) is 5.75 Å². The molecule has 0 aromatic heterocycles. The number of hydrogen-bond acceptors (Lipinski definition) is 5. The average molecular weight is 522 g/mol. The van der Waals surface area contributed by atoms with Crippen LogP contribution in [0.4, 0.5) is 0 Å². The Hall–Kier alpha value is -2.46. The molecule has 0 saturated heterocycles. The molecular formula is C26H43N5O4S. The highest BCUT2D eigenvalue weighted by Crippen LogP contribution is 2.27. The second-order valence-corrected chi connectivity index (χ2v) is 11.6. The summed E-state index contributed by atoms with van der Waals surface area (Å²) in [5, 5.41) is 13.2. The van der Waals surface area contributed by atoms with E-state index < -0.39 is 28.0 Å². The van der Waals surface area contributed by atoms with Gasteiger partial charge in [-0.15, -0.1) is 0 Å². The number of benzene rings is 1. The molecule has 2 rings (SSSR count). The Bertz CT molecular complexity index is 959. The van der Waals surface area contributed by atoms with Gasteiger partial charge in [-0.25, -0.2) is 13.1 Å². The molecule has 1 aromatic rings. The first kappa shape index (κ1) is 29.8. The predicted molar refractivity (Wildman–Crippen MR) is 143 cm³/mol. The van der Waals surface area contributed by atoms with Gasteiger partial charge in [-0.3, -0.25) is 15.0 Å². The van der Waals surface area contributed by atoms with E-state index in [-0.39, 0.29) is 30.0 Å². The third-order valence-electron chi connectivity index (χ3n) is 6.69. The maximum absolute atomic E-state index is 13.4. The van der Waals surface area contributed by atoms with Crippen molar-refractivity contribution in [1.29, 1.82) is 5.41 Å². The number of rotatable bonds is 15. The Kier molecular flexibility index (Phi) is 12.4. The predicted octanol–water partition coefficient (Wildman–Crippen LogP) is 2.93. The molecule has 2 atom stereocenters. The third kappa shape index (κ3) is 9.89. The molecule has 1 aromatic carbocycles. The minimum absolute atomic E-state index is 0.0117. The van der Waals surface area contributed by atoms with Gasteiger partial charge in [0.1, 0.15) is 17.9 Å². The van der Waals surface area contributed by atoms with Crippen molar-refractivity contribution in [2.45, 2.75) is 96.7 Å². The molecule has 36 heavy (non-hydrogen) atoms. The van der Waals surface area contributed by atoms with Crippen LogP contribution in [0.15, 0.2) is 24.3 Å². The monoisotopic (exact) mass is 521 g/mol. The molecule has 9 nitrogen and oxygen atoms in total. The van der Waals surface area contributed by atoms with Crippen molar-refractivity contribution in [3.05, 3.63) is 35.4 Å². The van der Waals surface area contributed by atoms with Crippen LogP contribution in [0.25, 0.3) is 0 Å². The van der Waals surface area contributed by atoms with Gasteiger partial charge in [0.25, 0.3) is 0 Å². The number of nitrogens with one attached hydrogen (secondary N) is 4. The smallest absolute Gasteiger partial charge is 0.242 e. The van der Waals surface area contributed by atoms with Gasteiger partial charge in [0.05, 0.1) is 5.75 Å². The molecule has 1 fully saturated rings. The molecule has 202 valence electrons. The summed E-state index contributed by atoms with van der Waals surface area (Å²) in [6, 6.07) is 5.41. The first-order valence-corrected chi connectivity index (χ1v) is 14.8. The summed E-state index contributed by atoms with van der Waals surface area (Å²) in [5.74, 6) is -0.842. The molecule has 10 heteroatoms. The lowest BCUT2D eigenvalue weighted by atomic mass is 9.84. The molecular weight excluding hydrogens is 478 g/mol. The van der Waals surface area contributed by atoms with Gasteiger partial charge in [0.2, 0.25) is 21.8 Å². The van der Waals surface area contributed by atoms with Crippen LogP contribution in [-0.2, 0) is 26.2 Å². The second-order valence-electron chi connectivity index (χ2n) is 9.70. The molecule has 6 N–H and O–H groups in total. The van der Waals surface area contributed by atoms with Crippen molar-refractivity contribution >= 4 is 27.7 Å². The van der Waals surface area contributed by atoms with Crippen LogP contribution in [0.5, 0.6) is 0 Å². The van der Waals surface area contributed by atoms with Gasteiger partial charge in [0.15, 0.2) is 0 Å². The Balaban J connectivity index is 2.10. The number of carbonyl (C=O) groups is 2. The minimum atomic E-state index is -3.60. The van der Waals surface area contributed by atoms with E-state index in [2.05, 4.69) is 15.4 Å². The zero-order valence-electron chi connectivity index (χ0n) is 21.6. The lowest BCUT2D eigenvalue weighted by Gasteiger charge is -2.31. The SMILES string of the molecule is CCCCC(NC(=O)C(NS(=O)(=O)CCCC)C1CCCCC1)C(=O)NCc1ccc(C(=N)N)cc1. The molecule has 1 aliphatic carbocycles. The third-order valence-corrected chi connectivity index (χ3v) is 8.13. The molecule has 0 radical (unpaired) electrons. The first-order valence-electron chi connectivity index (χ1n) is 13.2. The zero-order valence-corrected chi connectivity index (χ0v) is 22.5. The number of nitrogen functional groups attached to an aromatic ring is 1. The number of carbonyl (C=O) groups excluding carboxylic acids is 2. The van der Waals surface area contributed by atoms with Gasteiger partial charge in [-0.1, -0.05) is 76.6 Å². The number of hydrogen-bond donors (Lipinski definition) is 5. The molecule has 0 bridgehead atoms. The summed E-state index contributed by atoms with van der Waals surface area (Å²) in [7, 11) is -3.60. The van der Waals surface area contributed by atoms with Gasteiger partial charge in [-0.2, -0.15) is 0 Å². The Labute approximate surface area is 215 Å². The normalized spacial score (nSPS) is 16.2. The first-order chi connectivity index (χ1) is 17.2. The van der Waals surface area contributed by atoms with E-state index in [4.69, 9.17) is 11.1 Å². The molecule has 1 aliphatic rings. The fraction of sp³-hybridized carbons (Fsp3) is 0.654. The Morgan fingerprint density at radius 1 is 1.03 bits per heavy atom. The van der Waals surface area contributed by atoms with Crippen LogP contribution >= 0.6 is 0 Å². The highest BCUT2D eigenvalue weighted by atomic mass is 32.2. The summed E-state index contributed by atoms with van der Waals surface area (Å²) in [6.45, 7) is 4.21. The van der Waals surface area contributed by atoms with Gasteiger partial charge in [0, 0.05) is 12.1 Å². The maximum atomic E-state index is 13.4. The lowest BCUT2D eigenvalue weighted by Crippen LogP contribution is -2.56. The van der Waals surface area contributed by atoms with E-state index in [1.807, 2.05) is 13.8 Å². The number of nitrogens with two attached hydrogens (primary N) is 1. The van der Waals surface area contributed by atoms with E-state index in [1.54, 1.807) is 24.3 Å². The highest BCUT2D eigenvalue weighted by molar-refractivity contribution is 7.89. The van der Waals surface area contributed by atoms with Crippen LogP contribution in [0, 0.1) is 11.3 Å². The fourth-order valence-electron chi connectivity index (χ4n) is 4.47. The Morgan fingerprint density at radius 3 is 2.25 bits per heavy atom. The average Bonchev–Trinajstić information content (AvgIpc) is 2.87. The maximum Gasteiger partial charge on any atom is 0.242 e. The van der Waals surface area contributed by atoms with Crippen LogP contribution in [0.1, 0.15) is 89.2 Å². The molecule has 2 amide bonds. The van der Waals surface area contributed by atoms with Crippen LogP contribution < -0.4 is 21.1 Å². The second kappa shape index (κ2) is 14.9. The minimum Gasteiger partial charge on any atom is -0.384 e. The number of amides is 2. The molecule has 1 saturated carbocycles. The van der Waals surface area contributed by atoms with E-state index in [9.17, 15) is 18.0 Å². The van der Waals surface area contributed by atoms with Crippen molar-refractivity contribution in [1.82, 2.24) is 15.4 Å². The van der Waals surface area contributed by atoms with E-state index in [0.29, 0.717) is 18.4 Å². The zero-order chi connectivity index (χ0) is 26.6. The summed E-state index contributed by atoms with van der Waals surface area (Å²) < 4.78 is 28.0. The van der Waals surface area contributed by atoms with Gasteiger partial charge in [-0.05, 0) is 37.2 Å². The highest BCUT2D eigenvalue weighted by Gasteiger charge is 2.34. The number of unbranched alkanes of at least 4 members (excludes halogenated alkanes) is 2. The van der Waals surface area contributed by atoms with Gasteiger partial charge < -0.3 is 16.4 Å². The topological polar surface area (TPSA) is 154 Å². The van der Waals surface area contributed by atoms with Gasteiger partial charge >= 0.3 is 0 Å². The largest absolute Gasteiger partial charge is 0.384 e. The quantitative estimate of drug-likeness (QED) is 0.177. The van der Waals surface area contributed by atoms with Crippen LogP contribution in [0.3, 0.4) is 0 Å². The molecule has 2 unspecified atom stereocenters. The number of amidine groups is 1. The summed E-state index contributed by atoms with van der Waals surface area (Å²) >= 11 is 0. The summed E-state index contributed by atoms with van der Waals surface area (Å²) in [4.78, 5) is 26.4. The van der Waals surface area contributed by atoms with Crippen LogP contribution in [0.2, 0.25) is 0 Å². The van der Waals surface area contributed by atoms with E-state index in [0.717, 1.165) is 56.9 Å². The molecule has 0 spiro atoms. The Morgan fingerprint density at radius 2 is 1.67 bits per heavy atom. The summed E-state index contributed by atoms with van der Waals surface area (Å²) in [5.41, 5.74) is 6.94. The summed E-state index contributed by atoms with van der Waals surface area (Å²) in [6.07, 6.45) is 7.96. The fourth-order valence-corrected chi connectivity index (χ4v) is 5.94. The van der Waals surface area contributed by atoms with Crippen molar-refractivity contribution < 1.29 is 18.0 Å². The molecule has 0 aliphatic heterocycles.